The van der Waals surface area contributed by atoms with E-state index in [1.807, 2.05) is 0 Å². The van der Waals surface area contributed by atoms with Crippen LogP contribution in [0.3, 0.4) is 0 Å². The van der Waals surface area contributed by atoms with Crippen LogP contribution in [0.4, 0.5) is 0 Å². The first-order valence-corrected chi connectivity index (χ1v) is 9.05. The smallest absolute Gasteiger partial charge is 0.250 e. The Morgan fingerprint density at radius 3 is 2.72 bits per heavy atom. The lowest BCUT2D eigenvalue weighted by Gasteiger charge is -2.18. The summed E-state index contributed by atoms with van der Waals surface area (Å²) in [6.07, 6.45) is 3.16. The number of rotatable bonds is 4. The fourth-order valence-electron chi connectivity index (χ4n) is 2.33. The molecule has 2 fully saturated rings. The quantitative estimate of drug-likeness (QED) is 0.905. The van der Waals surface area contributed by atoms with Gasteiger partial charge in [-0.25, -0.2) is 13.1 Å². The average molecular weight is 352 g/mol. The number of halogens is 1. The van der Waals surface area contributed by atoms with Crippen LogP contribution in [0.2, 0.25) is 0 Å². The lowest BCUT2D eigenvalue weighted by molar-refractivity contribution is 0.0848. The van der Waals surface area contributed by atoms with E-state index in [-0.39, 0.29) is 12.1 Å². The zero-order valence-corrected chi connectivity index (χ0v) is 12.9. The van der Waals surface area contributed by atoms with Gasteiger partial charge in [-0.15, -0.1) is 11.3 Å². The highest BCUT2D eigenvalue weighted by molar-refractivity contribution is 9.11. The predicted octanol–water partition coefficient (Wildman–Crippen LogP) is 2.36. The molecule has 2 unspecified atom stereocenters. The highest BCUT2D eigenvalue weighted by Crippen LogP contribution is 2.39. The fourth-order valence-corrected chi connectivity index (χ4v) is 5.63. The van der Waals surface area contributed by atoms with Crippen molar-refractivity contribution in [1.82, 2.24) is 4.72 Å². The fraction of sp³-hybridized carbons (Fsp3) is 0.636. The van der Waals surface area contributed by atoms with Crippen molar-refractivity contribution < 1.29 is 13.2 Å². The van der Waals surface area contributed by atoms with Gasteiger partial charge in [-0.1, -0.05) is 0 Å². The third kappa shape index (κ3) is 2.65. The molecule has 18 heavy (non-hydrogen) atoms. The molecule has 0 spiro atoms. The van der Waals surface area contributed by atoms with Gasteiger partial charge in [0.05, 0.1) is 15.9 Å². The Kier molecular flexibility index (Phi) is 3.53. The Morgan fingerprint density at radius 1 is 1.33 bits per heavy atom. The van der Waals surface area contributed by atoms with Gasteiger partial charge in [-0.05, 0) is 53.2 Å². The van der Waals surface area contributed by atoms with Gasteiger partial charge >= 0.3 is 0 Å². The van der Waals surface area contributed by atoms with E-state index < -0.39 is 10.0 Å². The zero-order valence-electron chi connectivity index (χ0n) is 9.63. The minimum Gasteiger partial charge on any atom is -0.376 e. The third-order valence-electron chi connectivity index (χ3n) is 3.34. The molecule has 1 aliphatic carbocycles. The molecule has 2 atom stereocenters. The summed E-state index contributed by atoms with van der Waals surface area (Å²) in [5.74, 6) is 0.551. The van der Waals surface area contributed by atoms with Gasteiger partial charge in [0.15, 0.2) is 0 Å². The summed E-state index contributed by atoms with van der Waals surface area (Å²) in [6.45, 7) is 0.655. The maximum atomic E-state index is 12.2. The van der Waals surface area contributed by atoms with Crippen LogP contribution in [0.5, 0.6) is 0 Å². The second-order valence-electron chi connectivity index (χ2n) is 4.75. The van der Waals surface area contributed by atoms with Crippen molar-refractivity contribution in [2.75, 3.05) is 6.61 Å². The molecule has 100 valence electrons. The maximum absolute atomic E-state index is 12.2. The van der Waals surface area contributed by atoms with E-state index in [4.69, 9.17) is 4.74 Å². The van der Waals surface area contributed by atoms with Gasteiger partial charge in [0.1, 0.15) is 4.21 Å². The van der Waals surface area contributed by atoms with Crippen molar-refractivity contribution in [2.24, 2.45) is 5.92 Å². The molecule has 7 heteroatoms. The summed E-state index contributed by atoms with van der Waals surface area (Å²) >= 11 is 4.51. The summed E-state index contributed by atoms with van der Waals surface area (Å²) in [4.78, 5) is 0. The van der Waals surface area contributed by atoms with E-state index >= 15 is 0 Å². The first-order valence-electron chi connectivity index (χ1n) is 5.95. The molecule has 4 nitrogen and oxygen atoms in total. The summed E-state index contributed by atoms with van der Waals surface area (Å²) in [6, 6.07) is 3.31. The largest absolute Gasteiger partial charge is 0.376 e. The average Bonchev–Trinajstić information content (AvgIpc) is 2.88. The molecular formula is C11H14BrNO3S2. The minimum atomic E-state index is -3.40. The van der Waals surface area contributed by atoms with Crippen LogP contribution in [0, 0.1) is 5.92 Å². The van der Waals surface area contributed by atoms with Crippen molar-refractivity contribution in [3.63, 3.8) is 0 Å². The van der Waals surface area contributed by atoms with E-state index in [1.54, 1.807) is 12.1 Å². The van der Waals surface area contributed by atoms with E-state index in [1.165, 1.54) is 11.3 Å². The number of ether oxygens (including phenoxy) is 1. The molecule has 3 rings (SSSR count). The van der Waals surface area contributed by atoms with Gasteiger partial charge < -0.3 is 4.74 Å². The van der Waals surface area contributed by atoms with E-state index in [9.17, 15) is 8.42 Å². The lowest BCUT2D eigenvalue weighted by atomic mass is 10.1. The second-order valence-corrected chi connectivity index (χ2v) is 9.15. The summed E-state index contributed by atoms with van der Waals surface area (Å²) in [5.41, 5.74) is 0. The van der Waals surface area contributed by atoms with E-state index in [0.29, 0.717) is 16.7 Å². The number of hydrogen-bond acceptors (Lipinski definition) is 4. The zero-order chi connectivity index (χ0) is 12.8. The topological polar surface area (TPSA) is 55.4 Å². The van der Waals surface area contributed by atoms with Gasteiger partial charge in [-0.3, -0.25) is 0 Å². The van der Waals surface area contributed by atoms with Crippen LogP contribution in [0.15, 0.2) is 20.1 Å². The minimum absolute atomic E-state index is 0.0663. The molecule has 0 bridgehead atoms. The van der Waals surface area contributed by atoms with Crippen LogP contribution in [0.25, 0.3) is 0 Å². The van der Waals surface area contributed by atoms with Crippen molar-refractivity contribution in [3.8, 4) is 0 Å². The Labute approximate surface area is 119 Å². The van der Waals surface area contributed by atoms with Crippen molar-refractivity contribution >= 4 is 37.3 Å². The van der Waals surface area contributed by atoms with Crippen LogP contribution < -0.4 is 4.72 Å². The Hall–Kier alpha value is 0.0500. The first-order chi connectivity index (χ1) is 8.56. The molecule has 1 aliphatic heterocycles. The van der Waals surface area contributed by atoms with Gasteiger partial charge in [0, 0.05) is 6.61 Å². The Morgan fingerprint density at radius 2 is 2.11 bits per heavy atom. The molecule has 1 saturated carbocycles. The molecule has 1 aromatic heterocycles. The number of thiophene rings is 1. The van der Waals surface area contributed by atoms with E-state index in [2.05, 4.69) is 20.7 Å². The lowest BCUT2D eigenvalue weighted by Crippen LogP contribution is -2.41. The molecule has 0 aromatic carbocycles. The molecule has 2 aliphatic rings. The van der Waals surface area contributed by atoms with Crippen molar-refractivity contribution in [3.05, 3.63) is 15.9 Å². The van der Waals surface area contributed by atoms with Crippen molar-refractivity contribution in [1.29, 1.82) is 0 Å². The number of nitrogens with one attached hydrogen (secondary N) is 1. The van der Waals surface area contributed by atoms with Crippen LogP contribution in [-0.4, -0.2) is 27.2 Å². The molecule has 1 saturated heterocycles. The molecule has 2 heterocycles. The predicted molar refractivity (Wildman–Crippen MR) is 73.2 cm³/mol. The highest BCUT2D eigenvalue weighted by Gasteiger charge is 2.42. The first kappa shape index (κ1) is 13.1. The van der Waals surface area contributed by atoms with Crippen molar-refractivity contribution in [2.45, 2.75) is 35.6 Å². The Balaban J connectivity index is 1.75. The normalized spacial score (nSPS) is 28.7. The van der Waals surface area contributed by atoms with Gasteiger partial charge in [0.2, 0.25) is 10.0 Å². The standard InChI is InChI=1S/C11H14BrNO3S2/c12-9-3-4-10(17-9)18(14,15)13-8-5-6-16-11(8)7-1-2-7/h3-4,7-8,11,13H,1-2,5-6H2. The molecule has 1 N–H and O–H groups in total. The monoisotopic (exact) mass is 351 g/mol. The summed E-state index contributed by atoms with van der Waals surface area (Å²) in [5, 5.41) is 0. The van der Waals surface area contributed by atoms with Crippen LogP contribution in [0.1, 0.15) is 19.3 Å². The van der Waals surface area contributed by atoms with Crippen LogP contribution in [-0.2, 0) is 14.8 Å². The van der Waals surface area contributed by atoms with Gasteiger partial charge in [0.25, 0.3) is 0 Å². The van der Waals surface area contributed by atoms with Crippen LogP contribution >= 0.6 is 27.3 Å². The molecule has 1 aromatic rings. The molecule has 0 amide bonds. The second kappa shape index (κ2) is 4.86. The summed E-state index contributed by atoms with van der Waals surface area (Å²) in [7, 11) is -3.40. The maximum Gasteiger partial charge on any atom is 0.250 e. The highest BCUT2D eigenvalue weighted by atomic mass is 79.9. The van der Waals surface area contributed by atoms with E-state index in [0.717, 1.165) is 23.0 Å². The number of hydrogen-bond donors (Lipinski definition) is 1. The third-order valence-corrected chi connectivity index (χ3v) is 6.95. The Bertz CT molecular complexity index is 538. The number of sulfonamides is 1. The van der Waals surface area contributed by atoms with Gasteiger partial charge in [-0.2, -0.15) is 0 Å². The summed E-state index contributed by atoms with van der Waals surface area (Å²) < 4.78 is 34.0. The molecular weight excluding hydrogens is 338 g/mol. The SMILES string of the molecule is O=S(=O)(NC1CCOC1C1CC1)c1ccc(Br)s1. The molecule has 0 radical (unpaired) electrons.